The second-order valence-corrected chi connectivity index (χ2v) is 5.40. The fourth-order valence-corrected chi connectivity index (χ4v) is 2.95. The predicted molar refractivity (Wildman–Crippen MR) is 81.1 cm³/mol. The molecule has 22 heavy (non-hydrogen) atoms. The summed E-state index contributed by atoms with van der Waals surface area (Å²) in [6, 6.07) is 11.3. The average Bonchev–Trinajstić information content (AvgIpc) is 2.54. The van der Waals surface area contributed by atoms with Crippen LogP contribution in [0, 0.1) is 0 Å². The molecule has 0 spiro atoms. The maximum atomic E-state index is 11.5. The molecule has 112 valence electrons. The van der Waals surface area contributed by atoms with Crippen molar-refractivity contribution >= 4 is 11.6 Å². The van der Waals surface area contributed by atoms with Crippen molar-refractivity contribution < 1.29 is 19.4 Å². The number of nitrogens with one attached hydrogen (secondary N) is 1. The molecule has 0 unspecified atom stereocenters. The Labute approximate surface area is 127 Å². The number of amides is 1. The number of fused-ring (bicyclic) bond motifs is 2. The normalized spacial score (nSPS) is 19.3. The number of aliphatic hydroxyl groups is 1. The van der Waals surface area contributed by atoms with Crippen LogP contribution >= 0.6 is 0 Å². The summed E-state index contributed by atoms with van der Waals surface area (Å²) in [5, 5.41) is 12.9. The van der Waals surface area contributed by atoms with E-state index in [2.05, 4.69) is 5.32 Å². The average molecular weight is 297 g/mol. The molecular formula is C17H15NO4. The highest BCUT2D eigenvalue weighted by atomic mass is 16.5. The van der Waals surface area contributed by atoms with Crippen LogP contribution in [-0.2, 0) is 4.79 Å². The van der Waals surface area contributed by atoms with Gasteiger partial charge in [-0.15, -0.1) is 0 Å². The number of rotatable bonds is 1. The van der Waals surface area contributed by atoms with Crippen LogP contribution < -0.4 is 14.8 Å². The largest absolute Gasteiger partial charge is 0.492 e. The molecule has 1 amide bonds. The number of para-hydroxylation sites is 2. The molecule has 1 atom stereocenters. The first-order chi connectivity index (χ1) is 10.7. The highest BCUT2D eigenvalue weighted by Gasteiger charge is 2.26. The summed E-state index contributed by atoms with van der Waals surface area (Å²) in [5.74, 6) is 1.17. The Morgan fingerprint density at radius 1 is 1.05 bits per heavy atom. The Bertz CT molecular complexity index is 756. The Balaban J connectivity index is 1.89. The minimum atomic E-state index is -0.510. The van der Waals surface area contributed by atoms with Crippen molar-refractivity contribution in [3.63, 3.8) is 0 Å². The van der Waals surface area contributed by atoms with E-state index >= 15 is 0 Å². The molecule has 0 fully saturated rings. The number of aliphatic hydroxyl groups excluding tert-OH is 1. The van der Waals surface area contributed by atoms with E-state index in [9.17, 15) is 9.90 Å². The number of carbonyl (C=O) groups excluding carboxylic acids is 1. The fourth-order valence-electron chi connectivity index (χ4n) is 2.95. The lowest BCUT2D eigenvalue weighted by molar-refractivity contribution is -0.118. The summed E-state index contributed by atoms with van der Waals surface area (Å²) in [4.78, 5) is 11.5. The molecule has 5 nitrogen and oxygen atoms in total. The summed E-state index contributed by atoms with van der Waals surface area (Å²) >= 11 is 0. The quantitative estimate of drug-likeness (QED) is 0.848. The minimum absolute atomic E-state index is 0.00250. The van der Waals surface area contributed by atoms with Crippen molar-refractivity contribution in [2.75, 3.05) is 18.5 Å². The zero-order chi connectivity index (χ0) is 15.1. The van der Waals surface area contributed by atoms with Crippen LogP contribution in [-0.4, -0.2) is 24.2 Å². The van der Waals surface area contributed by atoms with Crippen molar-refractivity contribution in [3.8, 4) is 22.6 Å². The van der Waals surface area contributed by atoms with Gasteiger partial charge in [-0.05, 0) is 6.07 Å². The molecule has 2 N–H and O–H groups in total. The summed E-state index contributed by atoms with van der Waals surface area (Å²) in [5.41, 5.74) is 3.16. The van der Waals surface area contributed by atoms with Crippen LogP contribution in [0.1, 0.15) is 18.1 Å². The topological polar surface area (TPSA) is 67.8 Å². The number of hydrogen-bond acceptors (Lipinski definition) is 4. The second kappa shape index (κ2) is 5.03. The Morgan fingerprint density at radius 2 is 1.82 bits per heavy atom. The Morgan fingerprint density at radius 3 is 2.68 bits per heavy atom. The smallest absolute Gasteiger partial charge is 0.262 e. The molecule has 0 aromatic heterocycles. The highest BCUT2D eigenvalue weighted by Crippen LogP contribution is 2.45. The van der Waals surface area contributed by atoms with Crippen molar-refractivity contribution in [1.29, 1.82) is 0 Å². The van der Waals surface area contributed by atoms with Gasteiger partial charge in [0.15, 0.2) is 12.4 Å². The van der Waals surface area contributed by atoms with Crippen molar-refractivity contribution in [2.45, 2.75) is 12.5 Å². The van der Waals surface area contributed by atoms with Gasteiger partial charge in [0, 0.05) is 23.1 Å². The predicted octanol–water partition coefficient (Wildman–Crippen LogP) is 2.50. The summed E-state index contributed by atoms with van der Waals surface area (Å²) in [6.45, 7) is 0.486. The van der Waals surface area contributed by atoms with Crippen LogP contribution in [0.2, 0.25) is 0 Å². The number of carbonyl (C=O) groups is 1. The third kappa shape index (κ3) is 2.02. The SMILES string of the molecule is O=C1COc2c(cccc2-c2cccc3c2OCC[C@@H]3O)N1. The molecule has 2 aliphatic heterocycles. The lowest BCUT2D eigenvalue weighted by atomic mass is 9.95. The van der Waals surface area contributed by atoms with Crippen LogP contribution in [0.5, 0.6) is 11.5 Å². The van der Waals surface area contributed by atoms with Crippen molar-refractivity contribution in [1.82, 2.24) is 0 Å². The molecule has 2 aromatic rings. The molecule has 2 heterocycles. The maximum Gasteiger partial charge on any atom is 0.262 e. The molecule has 0 saturated heterocycles. The van der Waals surface area contributed by atoms with Gasteiger partial charge in [-0.2, -0.15) is 0 Å². The van der Waals surface area contributed by atoms with E-state index in [-0.39, 0.29) is 12.5 Å². The van der Waals surface area contributed by atoms with Gasteiger partial charge < -0.3 is 19.9 Å². The zero-order valence-corrected chi connectivity index (χ0v) is 11.8. The third-order valence-corrected chi connectivity index (χ3v) is 3.97. The molecule has 5 heteroatoms. The Kier molecular flexibility index (Phi) is 3.01. The van der Waals surface area contributed by atoms with E-state index in [0.717, 1.165) is 16.7 Å². The minimum Gasteiger partial charge on any atom is -0.492 e. The van der Waals surface area contributed by atoms with E-state index in [1.165, 1.54) is 0 Å². The van der Waals surface area contributed by atoms with E-state index in [0.29, 0.717) is 30.2 Å². The van der Waals surface area contributed by atoms with Gasteiger partial charge in [0.25, 0.3) is 5.91 Å². The van der Waals surface area contributed by atoms with Crippen LogP contribution in [0.15, 0.2) is 36.4 Å². The van der Waals surface area contributed by atoms with Crippen molar-refractivity contribution in [2.24, 2.45) is 0 Å². The van der Waals surface area contributed by atoms with Gasteiger partial charge in [-0.25, -0.2) is 0 Å². The molecular weight excluding hydrogens is 282 g/mol. The zero-order valence-electron chi connectivity index (χ0n) is 11.8. The first kappa shape index (κ1) is 13.2. The van der Waals surface area contributed by atoms with Gasteiger partial charge in [0.1, 0.15) is 5.75 Å². The number of ether oxygens (including phenoxy) is 2. The number of anilines is 1. The maximum absolute atomic E-state index is 11.5. The lowest BCUT2D eigenvalue weighted by Crippen LogP contribution is -2.25. The molecule has 0 bridgehead atoms. The highest BCUT2D eigenvalue weighted by molar-refractivity contribution is 5.98. The van der Waals surface area contributed by atoms with Gasteiger partial charge in [-0.3, -0.25) is 4.79 Å². The summed E-state index contributed by atoms with van der Waals surface area (Å²) in [7, 11) is 0. The first-order valence-corrected chi connectivity index (χ1v) is 7.24. The molecule has 4 rings (SSSR count). The molecule has 0 radical (unpaired) electrons. The second-order valence-electron chi connectivity index (χ2n) is 5.40. The molecule has 2 aliphatic rings. The van der Waals surface area contributed by atoms with E-state index < -0.39 is 6.10 Å². The summed E-state index contributed by atoms with van der Waals surface area (Å²) in [6.07, 6.45) is 0.0828. The molecule has 0 aliphatic carbocycles. The molecule has 2 aromatic carbocycles. The van der Waals surface area contributed by atoms with E-state index in [1.807, 2.05) is 30.3 Å². The standard InChI is InChI=1S/C17H15NO4/c19-14-7-8-21-16-10(3-1-5-12(14)16)11-4-2-6-13-17(11)22-9-15(20)18-13/h1-6,14,19H,7-9H2,(H,18,20)/t14-/m0/s1. The van der Waals surface area contributed by atoms with E-state index in [4.69, 9.17) is 9.47 Å². The van der Waals surface area contributed by atoms with Gasteiger partial charge in [0.2, 0.25) is 0 Å². The number of benzene rings is 2. The van der Waals surface area contributed by atoms with Gasteiger partial charge in [-0.1, -0.05) is 30.3 Å². The lowest BCUT2D eigenvalue weighted by Gasteiger charge is -2.26. The summed E-state index contributed by atoms with van der Waals surface area (Å²) < 4.78 is 11.4. The molecule has 0 saturated carbocycles. The fraction of sp³-hybridized carbons (Fsp3) is 0.235. The number of hydrogen-bond donors (Lipinski definition) is 2. The monoisotopic (exact) mass is 297 g/mol. The van der Waals surface area contributed by atoms with E-state index in [1.54, 1.807) is 6.07 Å². The Hall–Kier alpha value is -2.53. The van der Waals surface area contributed by atoms with Crippen molar-refractivity contribution in [3.05, 3.63) is 42.0 Å². The van der Waals surface area contributed by atoms with Gasteiger partial charge in [0.05, 0.1) is 18.4 Å². The van der Waals surface area contributed by atoms with Crippen LogP contribution in [0.3, 0.4) is 0 Å². The van der Waals surface area contributed by atoms with Gasteiger partial charge >= 0.3 is 0 Å². The third-order valence-electron chi connectivity index (χ3n) is 3.97. The van der Waals surface area contributed by atoms with Crippen LogP contribution in [0.4, 0.5) is 5.69 Å². The first-order valence-electron chi connectivity index (χ1n) is 7.24. The van der Waals surface area contributed by atoms with Crippen LogP contribution in [0.25, 0.3) is 11.1 Å².